The van der Waals surface area contributed by atoms with Crippen molar-refractivity contribution in [3.63, 3.8) is 0 Å². The Morgan fingerprint density at radius 3 is 2.57 bits per heavy atom. The molecule has 1 aromatic carbocycles. The standard InChI is InChI=1S/C18H23NO4/c1-6-8-9-14(7-2)12-23-18-11-16(19-22-5)15(13(3)20)10-17(18)21-4/h6-11,19H,2,12H2,1,3-5H3/p+1/b8-6-,14-9+. The summed E-state index contributed by atoms with van der Waals surface area (Å²) in [5, 5.41) is 0. The van der Waals surface area contributed by atoms with E-state index in [1.165, 1.54) is 26.6 Å². The third kappa shape index (κ3) is 5.39. The summed E-state index contributed by atoms with van der Waals surface area (Å²) in [6, 6.07) is 3.39. The lowest BCUT2D eigenvalue weighted by atomic mass is 10.1. The highest BCUT2D eigenvalue weighted by molar-refractivity contribution is 5.98. The molecule has 0 atom stereocenters. The zero-order chi connectivity index (χ0) is 17.2. The van der Waals surface area contributed by atoms with Crippen LogP contribution in [0, 0.1) is 0 Å². The SMILES string of the molecule is C=C/C(=C\C=C/C)COc1cc([NH2+]OC)c(C(C)=O)cc1OC. The Labute approximate surface area is 137 Å². The molecule has 0 heterocycles. The Balaban J connectivity index is 3.11. The highest BCUT2D eigenvalue weighted by atomic mass is 16.6. The minimum atomic E-state index is -0.0714. The molecule has 0 aliphatic heterocycles. The second-order valence-electron chi connectivity index (χ2n) is 4.76. The number of nitrogens with two attached hydrogens (primary N) is 1. The van der Waals surface area contributed by atoms with Gasteiger partial charge in [0.1, 0.15) is 6.61 Å². The number of benzene rings is 1. The van der Waals surface area contributed by atoms with Crippen molar-refractivity contribution in [2.45, 2.75) is 13.8 Å². The lowest BCUT2D eigenvalue weighted by Gasteiger charge is -2.13. The zero-order valence-electron chi connectivity index (χ0n) is 14.1. The van der Waals surface area contributed by atoms with Crippen LogP contribution in [0.25, 0.3) is 0 Å². The van der Waals surface area contributed by atoms with Crippen molar-refractivity contribution in [3.8, 4) is 11.5 Å². The van der Waals surface area contributed by atoms with Crippen molar-refractivity contribution in [2.75, 3.05) is 20.8 Å². The van der Waals surface area contributed by atoms with Crippen LogP contribution in [0.2, 0.25) is 0 Å². The number of carbonyl (C=O) groups is 1. The molecule has 1 aromatic rings. The van der Waals surface area contributed by atoms with E-state index in [2.05, 4.69) is 6.58 Å². The van der Waals surface area contributed by atoms with Gasteiger partial charge >= 0.3 is 0 Å². The van der Waals surface area contributed by atoms with E-state index in [0.29, 0.717) is 29.4 Å². The van der Waals surface area contributed by atoms with Crippen LogP contribution >= 0.6 is 0 Å². The molecule has 1 rings (SSSR count). The van der Waals surface area contributed by atoms with Gasteiger partial charge in [0.25, 0.3) is 0 Å². The largest absolute Gasteiger partial charge is 0.493 e. The maximum atomic E-state index is 11.7. The fraction of sp³-hybridized carbons (Fsp3) is 0.278. The molecule has 0 saturated heterocycles. The smallest absolute Gasteiger partial charge is 0.176 e. The van der Waals surface area contributed by atoms with Gasteiger partial charge in [-0.25, -0.2) is 4.84 Å². The van der Waals surface area contributed by atoms with Crippen LogP contribution < -0.4 is 15.0 Å². The third-order valence-electron chi connectivity index (χ3n) is 3.12. The molecule has 0 radical (unpaired) electrons. The Morgan fingerprint density at radius 2 is 2.04 bits per heavy atom. The van der Waals surface area contributed by atoms with Gasteiger partial charge in [-0.2, -0.15) is 5.48 Å². The van der Waals surface area contributed by atoms with E-state index in [1.807, 2.05) is 25.2 Å². The molecule has 0 bridgehead atoms. The minimum Gasteiger partial charge on any atom is -0.493 e. The van der Waals surface area contributed by atoms with Crippen molar-refractivity contribution in [2.24, 2.45) is 0 Å². The number of carbonyl (C=O) groups excluding carboxylic acids is 1. The van der Waals surface area contributed by atoms with Gasteiger partial charge in [-0.3, -0.25) is 4.79 Å². The first kappa shape index (κ1) is 18.7. The van der Waals surface area contributed by atoms with Gasteiger partial charge in [-0.15, -0.1) is 0 Å². The fourth-order valence-electron chi connectivity index (χ4n) is 1.93. The Bertz CT molecular complexity index is 618. The number of rotatable bonds is 9. The lowest BCUT2D eigenvalue weighted by molar-refractivity contribution is -0.830. The average Bonchev–Trinajstić information content (AvgIpc) is 2.55. The number of hydrogen-bond acceptors (Lipinski definition) is 4. The van der Waals surface area contributed by atoms with E-state index in [4.69, 9.17) is 14.3 Å². The van der Waals surface area contributed by atoms with Gasteiger partial charge in [-0.1, -0.05) is 30.9 Å². The molecule has 23 heavy (non-hydrogen) atoms. The van der Waals surface area contributed by atoms with E-state index >= 15 is 0 Å². The Kier molecular flexibility index (Phi) is 7.80. The minimum absolute atomic E-state index is 0.0714. The summed E-state index contributed by atoms with van der Waals surface area (Å²) >= 11 is 0. The van der Waals surface area contributed by atoms with Gasteiger partial charge in [0.15, 0.2) is 23.0 Å². The van der Waals surface area contributed by atoms with Crippen LogP contribution in [0.5, 0.6) is 11.5 Å². The first-order valence-electron chi connectivity index (χ1n) is 7.23. The van der Waals surface area contributed by atoms with E-state index in [0.717, 1.165) is 5.57 Å². The summed E-state index contributed by atoms with van der Waals surface area (Å²) in [7, 11) is 3.07. The second kappa shape index (κ2) is 9.61. The van der Waals surface area contributed by atoms with Crippen molar-refractivity contribution in [1.29, 1.82) is 0 Å². The molecule has 5 nitrogen and oxygen atoms in total. The Hall–Kier alpha value is -2.37. The molecule has 0 saturated carbocycles. The van der Waals surface area contributed by atoms with Crippen LogP contribution in [0.1, 0.15) is 24.2 Å². The topological polar surface area (TPSA) is 61.4 Å². The molecule has 2 N–H and O–H groups in total. The van der Waals surface area contributed by atoms with Crippen molar-refractivity contribution < 1.29 is 24.6 Å². The van der Waals surface area contributed by atoms with E-state index < -0.39 is 0 Å². The maximum Gasteiger partial charge on any atom is 0.176 e. The molecule has 124 valence electrons. The predicted molar refractivity (Wildman–Crippen MR) is 90.2 cm³/mol. The number of Topliss-reactive ketones (excluding diaryl/α,β-unsaturated/α-hetero) is 1. The number of ether oxygens (including phenoxy) is 2. The van der Waals surface area contributed by atoms with Gasteiger partial charge in [0.05, 0.1) is 19.8 Å². The van der Waals surface area contributed by atoms with Gasteiger partial charge in [0, 0.05) is 12.1 Å². The lowest BCUT2D eigenvalue weighted by Crippen LogP contribution is -2.76. The molecular weight excluding hydrogens is 294 g/mol. The summed E-state index contributed by atoms with van der Waals surface area (Å²) in [6.45, 7) is 7.55. The van der Waals surface area contributed by atoms with Crippen LogP contribution in [-0.4, -0.2) is 26.6 Å². The molecule has 0 aromatic heterocycles. The molecule has 0 fully saturated rings. The van der Waals surface area contributed by atoms with Crippen LogP contribution in [0.3, 0.4) is 0 Å². The summed E-state index contributed by atoms with van der Waals surface area (Å²) in [5.74, 6) is 0.963. The maximum absolute atomic E-state index is 11.7. The molecule has 5 heteroatoms. The van der Waals surface area contributed by atoms with E-state index in [-0.39, 0.29) is 5.78 Å². The van der Waals surface area contributed by atoms with Gasteiger partial charge in [0.2, 0.25) is 0 Å². The molecule has 0 spiro atoms. The van der Waals surface area contributed by atoms with E-state index in [1.54, 1.807) is 18.2 Å². The summed E-state index contributed by atoms with van der Waals surface area (Å²) in [5.41, 5.74) is 3.60. The molecule has 0 aliphatic carbocycles. The summed E-state index contributed by atoms with van der Waals surface area (Å²) in [6.07, 6.45) is 7.50. The Morgan fingerprint density at radius 1 is 1.30 bits per heavy atom. The summed E-state index contributed by atoms with van der Waals surface area (Å²) < 4.78 is 11.1. The number of ketones is 1. The molecule has 0 unspecified atom stereocenters. The average molecular weight is 318 g/mol. The van der Waals surface area contributed by atoms with Crippen LogP contribution in [0.15, 0.2) is 48.6 Å². The highest BCUT2D eigenvalue weighted by Crippen LogP contribution is 2.32. The number of quaternary nitrogens is 1. The van der Waals surface area contributed by atoms with Gasteiger partial charge in [-0.05, 0) is 19.4 Å². The van der Waals surface area contributed by atoms with Crippen LogP contribution in [-0.2, 0) is 4.84 Å². The molecular formula is C18H24NO4+. The first-order valence-corrected chi connectivity index (χ1v) is 7.23. The fourth-order valence-corrected chi connectivity index (χ4v) is 1.93. The normalized spacial score (nSPS) is 11.6. The molecule has 0 aliphatic rings. The van der Waals surface area contributed by atoms with Crippen molar-refractivity contribution in [3.05, 3.63) is 54.2 Å². The third-order valence-corrected chi connectivity index (χ3v) is 3.12. The second-order valence-corrected chi connectivity index (χ2v) is 4.76. The number of methoxy groups -OCH3 is 1. The highest BCUT2D eigenvalue weighted by Gasteiger charge is 2.18. The van der Waals surface area contributed by atoms with Crippen molar-refractivity contribution >= 4 is 11.5 Å². The monoisotopic (exact) mass is 318 g/mol. The molecule has 0 amide bonds. The first-order chi connectivity index (χ1) is 11.1. The quantitative estimate of drug-likeness (QED) is 0.329. The van der Waals surface area contributed by atoms with Crippen molar-refractivity contribution in [1.82, 2.24) is 0 Å². The zero-order valence-corrected chi connectivity index (χ0v) is 14.1. The van der Waals surface area contributed by atoms with Crippen LogP contribution in [0.4, 0.5) is 5.69 Å². The van der Waals surface area contributed by atoms with Gasteiger partial charge < -0.3 is 9.47 Å². The number of allylic oxidation sites excluding steroid dienone is 3. The predicted octanol–water partition coefficient (Wildman–Crippen LogP) is 2.72. The number of hydrogen-bond donors (Lipinski definition) is 1. The van der Waals surface area contributed by atoms with E-state index in [9.17, 15) is 4.79 Å². The summed E-state index contributed by atoms with van der Waals surface area (Å²) in [4.78, 5) is 16.8.